The number of urea groups is 1. The van der Waals surface area contributed by atoms with Gasteiger partial charge in [0.15, 0.2) is 0 Å². The standard InChI is InChI=1S/C14H20FN3O2/c1-9(2)13-10(5-6-20-13)7-17-14(19)18-12-4-3-11(15)8-16-12/h3-4,8-10,13H,5-7H2,1-2H3,(H2,16,17,18,19)/t10-,13-/m1/s1. The van der Waals surface area contributed by atoms with Crippen LogP contribution in [0.1, 0.15) is 20.3 Å². The summed E-state index contributed by atoms with van der Waals surface area (Å²) in [4.78, 5) is 15.5. The van der Waals surface area contributed by atoms with E-state index in [1.54, 1.807) is 0 Å². The summed E-state index contributed by atoms with van der Waals surface area (Å²) in [5.74, 6) is 0.666. The van der Waals surface area contributed by atoms with Gasteiger partial charge in [0.2, 0.25) is 0 Å². The van der Waals surface area contributed by atoms with E-state index < -0.39 is 5.82 Å². The molecule has 2 heterocycles. The van der Waals surface area contributed by atoms with Crippen LogP contribution in [0.25, 0.3) is 0 Å². The van der Waals surface area contributed by atoms with Gasteiger partial charge in [-0.15, -0.1) is 0 Å². The number of rotatable bonds is 4. The van der Waals surface area contributed by atoms with Crippen molar-refractivity contribution in [2.75, 3.05) is 18.5 Å². The molecule has 6 heteroatoms. The molecule has 2 amide bonds. The lowest BCUT2D eigenvalue weighted by molar-refractivity contribution is 0.0546. The fraction of sp³-hybridized carbons (Fsp3) is 0.571. The van der Waals surface area contributed by atoms with Crippen LogP contribution in [0.2, 0.25) is 0 Å². The molecule has 110 valence electrons. The van der Waals surface area contributed by atoms with Crippen LogP contribution in [0.5, 0.6) is 0 Å². The number of nitrogens with one attached hydrogen (secondary N) is 2. The number of halogens is 1. The zero-order valence-electron chi connectivity index (χ0n) is 11.7. The van der Waals surface area contributed by atoms with Gasteiger partial charge in [0.05, 0.1) is 12.3 Å². The molecular weight excluding hydrogens is 261 g/mol. The van der Waals surface area contributed by atoms with Gasteiger partial charge in [0.25, 0.3) is 0 Å². The van der Waals surface area contributed by atoms with E-state index in [0.717, 1.165) is 19.2 Å². The number of ether oxygens (including phenoxy) is 1. The maximum Gasteiger partial charge on any atom is 0.320 e. The Morgan fingerprint density at radius 2 is 2.35 bits per heavy atom. The Kier molecular flexibility index (Phi) is 4.89. The highest BCUT2D eigenvalue weighted by Gasteiger charge is 2.30. The predicted octanol–water partition coefficient (Wildman–Crippen LogP) is 2.40. The molecule has 0 spiro atoms. The third-order valence-electron chi connectivity index (χ3n) is 3.41. The SMILES string of the molecule is CC(C)[C@H]1OCC[C@@H]1CNC(=O)Nc1ccc(F)cn1. The lowest BCUT2D eigenvalue weighted by Gasteiger charge is -2.22. The highest BCUT2D eigenvalue weighted by Crippen LogP contribution is 2.26. The van der Waals surface area contributed by atoms with Gasteiger partial charge in [-0.25, -0.2) is 14.2 Å². The van der Waals surface area contributed by atoms with Gasteiger partial charge in [0, 0.05) is 19.1 Å². The summed E-state index contributed by atoms with van der Waals surface area (Å²) in [6, 6.07) is 2.34. The zero-order valence-corrected chi connectivity index (χ0v) is 11.7. The maximum absolute atomic E-state index is 12.7. The van der Waals surface area contributed by atoms with Crippen molar-refractivity contribution in [2.45, 2.75) is 26.4 Å². The molecule has 1 fully saturated rings. The van der Waals surface area contributed by atoms with Crippen LogP contribution >= 0.6 is 0 Å². The van der Waals surface area contributed by atoms with Crippen LogP contribution in [-0.2, 0) is 4.74 Å². The molecule has 1 aromatic rings. The number of aromatic nitrogens is 1. The average molecular weight is 281 g/mol. The molecule has 1 aromatic heterocycles. The summed E-state index contributed by atoms with van der Waals surface area (Å²) >= 11 is 0. The fourth-order valence-electron chi connectivity index (χ4n) is 2.44. The maximum atomic E-state index is 12.7. The van der Waals surface area contributed by atoms with Crippen molar-refractivity contribution in [2.24, 2.45) is 11.8 Å². The van der Waals surface area contributed by atoms with E-state index in [0.29, 0.717) is 24.2 Å². The Balaban J connectivity index is 1.79. The molecule has 1 aliphatic heterocycles. The topological polar surface area (TPSA) is 63.2 Å². The third kappa shape index (κ3) is 3.90. The highest BCUT2D eigenvalue weighted by molar-refractivity contribution is 5.88. The van der Waals surface area contributed by atoms with Crippen molar-refractivity contribution in [3.8, 4) is 0 Å². The fourth-order valence-corrected chi connectivity index (χ4v) is 2.44. The van der Waals surface area contributed by atoms with Gasteiger partial charge in [-0.3, -0.25) is 5.32 Å². The van der Waals surface area contributed by atoms with Crippen molar-refractivity contribution >= 4 is 11.8 Å². The summed E-state index contributed by atoms with van der Waals surface area (Å²) in [7, 11) is 0. The molecule has 0 bridgehead atoms. The second-order valence-electron chi connectivity index (χ2n) is 5.32. The molecule has 0 saturated carbocycles. The van der Waals surface area contributed by atoms with Crippen LogP contribution in [0, 0.1) is 17.7 Å². The Hall–Kier alpha value is -1.69. The largest absolute Gasteiger partial charge is 0.378 e. The van der Waals surface area contributed by atoms with Gasteiger partial charge in [-0.2, -0.15) is 0 Å². The number of hydrogen-bond donors (Lipinski definition) is 2. The zero-order chi connectivity index (χ0) is 14.5. The number of amides is 2. The summed E-state index contributed by atoms with van der Waals surface area (Å²) in [5, 5.41) is 5.38. The average Bonchev–Trinajstić information content (AvgIpc) is 2.88. The number of pyridine rings is 1. The molecule has 0 radical (unpaired) electrons. The number of nitrogens with zero attached hydrogens (tertiary/aromatic N) is 1. The molecule has 0 unspecified atom stereocenters. The van der Waals surface area contributed by atoms with Gasteiger partial charge in [0.1, 0.15) is 11.6 Å². The van der Waals surface area contributed by atoms with E-state index in [4.69, 9.17) is 4.74 Å². The second kappa shape index (κ2) is 6.65. The Bertz CT molecular complexity index is 450. The number of carbonyl (C=O) groups excluding carboxylic acids is 1. The Morgan fingerprint density at radius 1 is 1.55 bits per heavy atom. The summed E-state index contributed by atoms with van der Waals surface area (Å²) in [6.07, 6.45) is 2.21. The summed E-state index contributed by atoms with van der Waals surface area (Å²) in [6.45, 7) is 5.54. The van der Waals surface area contributed by atoms with Crippen molar-refractivity contribution in [3.05, 3.63) is 24.1 Å². The number of hydrogen-bond acceptors (Lipinski definition) is 3. The van der Waals surface area contributed by atoms with Crippen molar-refractivity contribution < 1.29 is 13.9 Å². The molecule has 5 nitrogen and oxygen atoms in total. The monoisotopic (exact) mass is 281 g/mol. The molecule has 1 saturated heterocycles. The van der Waals surface area contributed by atoms with Crippen molar-refractivity contribution in [1.29, 1.82) is 0 Å². The normalized spacial score (nSPS) is 22.0. The first kappa shape index (κ1) is 14.7. The Labute approximate surface area is 117 Å². The van der Waals surface area contributed by atoms with Crippen LogP contribution in [0.4, 0.5) is 15.0 Å². The van der Waals surface area contributed by atoms with Crippen molar-refractivity contribution in [1.82, 2.24) is 10.3 Å². The minimum Gasteiger partial charge on any atom is -0.378 e. The van der Waals surface area contributed by atoms with Crippen LogP contribution < -0.4 is 10.6 Å². The number of anilines is 1. The van der Waals surface area contributed by atoms with Gasteiger partial charge in [-0.05, 0) is 24.5 Å². The van der Waals surface area contributed by atoms with Crippen LogP contribution in [0.3, 0.4) is 0 Å². The van der Waals surface area contributed by atoms with Gasteiger partial charge in [-0.1, -0.05) is 13.8 Å². The molecular formula is C14H20FN3O2. The molecule has 0 aliphatic carbocycles. The molecule has 0 aromatic carbocycles. The molecule has 2 N–H and O–H groups in total. The van der Waals surface area contributed by atoms with E-state index in [1.165, 1.54) is 12.1 Å². The Morgan fingerprint density at radius 3 is 3.00 bits per heavy atom. The number of carbonyl (C=O) groups is 1. The van der Waals surface area contributed by atoms with Crippen LogP contribution in [0.15, 0.2) is 18.3 Å². The van der Waals surface area contributed by atoms with Gasteiger partial charge < -0.3 is 10.1 Å². The van der Waals surface area contributed by atoms with E-state index in [9.17, 15) is 9.18 Å². The molecule has 2 rings (SSSR count). The van der Waals surface area contributed by atoms with E-state index in [-0.39, 0.29) is 12.1 Å². The lowest BCUT2D eigenvalue weighted by atomic mass is 9.93. The minimum absolute atomic E-state index is 0.194. The third-order valence-corrected chi connectivity index (χ3v) is 3.41. The smallest absolute Gasteiger partial charge is 0.320 e. The molecule has 2 atom stereocenters. The quantitative estimate of drug-likeness (QED) is 0.890. The van der Waals surface area contributed by atoms with E-state index >= 15 is 0 Å². The first-order chi connectivity index (χ1) is 9.56. The van der Waals surface area contributed by atoms with Gasteiger partial charge >= 0.3 is 6.03 Å². The first-order valence-corrected chi connectivity index (χ1v) is 6.84. The second-order valence-corrected chi connectivity index (χ2v) is 5.32. The summed E-state index contributed by atoms with van der Waals surface area (Å²) < 4.78 is 18.4. The van der Waals surface area contributed by atoms with Crippen molar-refractivity contribution in [3.63, 3.8) is 0 Å². The minimum atomic E-state index is -0.432. The lowest BCUT2D eigenvalue weighted by Crippen LogP contribution is -2.37. The molecule has 1 aliphatic rings. The predicted molar refractivity (Wildman–Crippen MR) is 73.9 cm³/mol. The highest BCUT2D eigenvalue weighted by atomic mass is 19.1. The van der Waals surface area contributed by atoms with E-state index in [2.05, 4.69) is 29.5 Å². The van der Waals surface area contributed by atoms with Crippen LogP contribution in [-0.4, -0.2) is 30.3 Å². The first-order valence-electron chi connectivity index (χ1n) is 6.84. The summed E-state index contributed by atoms with van der Waals surface area (Å²) in [5.41, 5.74) is 0. The van der Waals surface area contributed by atoms with E-state index in [1.807, 2.05) is 0 Å². The molecule has 20 heavy (non-hydrogen) atoms.